The quantitative estimate of drug-likeness (QED) is 0.879. The van der Waals surface area contributed by atoms with Crippen molar-refractivity contribution in [3.05, 3.63) is 47.0 Å². The van der Waals surface area contributed by atoms with Gasteiger partial charge in [0.25, 0.3) is 5.91 Å². The lowest BCUT2D eigenvalue weighted by Gasteiger charge is -2.00. The number of benzene rings is 1. The third kappa shape index (κ3) is 3.89. The lowest BCUT2D eigenvalue weighted by atomic mass is 10.2. The Labute approximate surface area is 113 Å². The second-order valence-corrected chi connectivity index (χ2v) is 4.72. The first kappa shape index (κ1) is 13.2. The molecule has 1 heterocycles. The maximum atomic E-state index is 11.9. The van der Waals surface area contributed by atoms with Gasteiger partial charge in [0.1, 0.15) is 0 Å². The third-order valence-electron chi connectivity index (χ3n) is 2.40. The Hall–Kier alpha value is -2.21. The van der Waals surface area contributed by atoms with Gasteiger partial charge in [-0.3, -0.25) is 14.9 Å². The minimum Gasteiger partial charge on any atom is -0.481 e. The zero-order valence-corrected chi connectivity index (χ0v) is 10.8. The molecule has 0 aliphatic rings. The van der Waals surface area contributed by atoms with Crippen LogP contribution in [-0.4, -0.2) is 22.0 Å². The molecule has 2 N–H and O–H groups in total. The summed E-state index contributed by atoms with van der Waals surface area (Å²) < 4.78 is 0. The predicted molar refractivity (Wildman–Crippen MR) is 72.5 cm³/mol. The van der Waals surface area contributed by atoms with Crippen molar-refractivity contribution in [3.8, 4) is 0 Å². The van der Waals surface area contributed by atoms with Crippen molar-refractivity contribution in [1.82, 2.24) is 4.98 Å². The lowest BCUT2D eigenvalue weighted by molar-refractivity contribution is -0.136. The molecule has 0 unspecified atom stereocenters. The van der Waals surface area contributed by atoms with Gasteiger partial charge in [-0.05, 0) is 12.1 Å². The van der Waals surface area contributed by atoms with Crippen molar-refractivity contribution in [2.45, 2.75) is 12.8 Å². The number of carboxylic acid groups (broad SMARTS) is 1. The van der Waals surface area contributed by atoms with Crippen LogP contribution in [0.25, 0.3) is 0 Å². The first-order valence-electron chi connectivity index (χ1n) is 5.68. The smallest absolute Gasteiger partial charge is 0.303 e. The molecule has 19 heavy (non-hydrogen) atoms. The van der Waals surface area contributed by atoms with Gasteiger partial charge in [-0.15, -0.1) is 11.3 Å². The average Bonchev–Trinajstić information content (AvgIpc) is 2.85. The van der Waals surface area contributed by atoms with Crippen LogP contribution in [0.2, 0.25) is 0 Å². The molecule has 98 valence electrons. The van der Waals surface area contributed by atoms with Crippen LogP contribution in [0, 0.1) is 0 Å². The summed E-state index contributed by atoms with van der Waals surface area (Å²) in [4.78, 5) is 26.5. The van der Waals surface area contributed by atoms with Crippen molar-refractivity contribution < 1.29 is 14.7 Å². The number of carbonyl (C=O) groups excluding carboxylic acids is 1. The largest absolute Gasteiger partial charge is 0.481 e. The minimum absolute atomic E-state index is 0.0375. The lowest BCUT2D eigenvalue weighted by Crippen LogP contribution is -2.11. The Morgan fingerprint density at radius 1 is 1.26 bits per heavy atom. The number of aliphatic carboxylic acids is 1. The normalized spacial score (nSPS) is 10.1. The zero-order valence-electron chi connectivity index (χ0n) is 10.00. The van der Waals surface area contributed by atoms with Gasteiger partial charge in [-0.25, -0.2) is 4.98 Å². The fourth-order valence-corrected chi connectivity index (χ4v) is 2.21. The summed E-state index contributed by atoms with van der Waals surface area (Å²) in [6.07, 6.45) is 0.406. The Bertz CT molecular complexity index is 581. The van der Waals surface area contributed by atoms with E-state index >= 15 is 0 Å². The average molecular weight is 276 g/mol. The SMILES string of the molecule is O=C(O)CCc1csc(NC(=O)c2ccccc2)n1. The van der Waals surface area contributed by atoms with Crippen LogP contribution in [0.5, 0.6) is 0 Å². The fourth-order valence-electron chi connectivity index (χ4n) is 1.47. The Morgan fingerprint density at radius 3 is 2.68 bits per heavy atom. The number of amides is 1. The number of carboxylic acids is 1. The van der Waals surface area contributed by atoms with Gasteiger partial charge in [-0.1, -0.05) is 18.2 Å². The van der Waals surface area contributed by atoms with Crippen molar-refractivity contribution in [2.24, 2.45) is 0 Å². The van der Waals surface area contributed by atoms with Gasteiger partial charge in [-0.2, -0.15) is 0 Å². The number of nitrogens with one attached hydrogen (secondary N) is 1. The van der Waals surface area contributed by atoms with Crippen LogP contribution in [0.4, 0.5) is 5.13 Å². The second-order valence-electron chi connectivity index (χ2n) is 3.86. The van der Waals surface area contributed by atoms with Crippen molar-refractivity contribution in [3.63, 3.8) is 0 Å². The number of thiazole rings is 1. The van der Waals surface area contributed by atoms with E-state index in [-0.39, 0.29) is 12.3 Å². The van der Waals surface area contributed by atoms with Crippen LogP contribution in [-0.2, 0) is 11.2 Å². The van der Waals surface area contributed by atoms with E-state index < -0.39 is 5.97 Å². The molecular weight excluding hydrogens is 264 g/mol. The zero-order chi connectivity index (χ0) is 13.7. The minimum atomic E-state index is -0.858. The molecule has 1 aromatic heterocycles. The van der Waals surface area contributed by atoms with Crippen molar-refractivity contribution in [2.75, 3.05) is 5.32 Å². The number of nitrogens with zero attached hydrogens (tertiary/aromatic N) is 1. The molecule has 0 saturated heterocycles. The number of hydrogen-bond donors (Lipinski definition) is 2. The van der Waals surface area contributed by atoms with E-state index in [1.54, 1.807) is 29.6 Å². The monoisotopic (exact) mass is 276 g/mol. The van der Waals surface area contributed by atoms with Gasteiger partial charge in [0, 0.05) is 17.4 Å². The number of aromatic nitrogens is 1. The summed E-state index contributed by atoms with van der Waals surface area (Å²) in [7, 11) is 0. The molecule has 0 radical (unpaired) electrons. The van der Waals surface area contributed by atoms with E-state index in [9.17, 15) is 9.59 Å². The van der Waals surface area contributed by atoms with E-state index in [0.717, 1.165) is 0 Å². The summed E-state index contributed by atoms with van der Waals surface area (Å²) >= 11 is 1.29. The molecule has 0 bridgehead atoms. The number of aryl methyl sites for hydroxylation is 1. The molecule has 1 aromatic carbocycles. The molecular formula is C13H12N2O3S. The number of rotatable bonds is 5. The van der Waals surface area contributed by atoms with Crippen LogP contribution >= 0.6 is 11.3 Å². The number of hydrogen-bond acceptors (Lipinski definition) is 4. The highest BCUT2D eigenvalue weighted by Crippen LogP contribution is 2.17. The Balaban J connectivity index is 1.96. The van der Waals surface area contributed by atoms with Gasteiger partial charge < -0.3 is 5.11 Å². The summed E-state index contributed by atoms with van der Waals surface area (Å²) in [5.41, 5.74) is 1.24. The first-order valence-corrected chi connectivity index (χ1v) is 6.56. The molecule has 0 atom stereocenters. The molecule has 0 saturated carbocycles. The molecule has 0 spiro atoms. The Kier molecular flexibility index (Phi) is 4.25. The number of carbonyl (C=O) groups is 2. The molecule has 0 fully saturated rings. The highest BCUT2D eigenvalue weighted by molar-refractivity contribution is 7.13. The van der Waals surface area contributed by atoms with Crippen molar-refractivity contribution >= 4 is 28.3 Å². The van der Waals surface area contributed by atoms with E-state index in [4.69, 9.17) is 5.11 Å². The molecule has 1 amide bonds. The maximum Gasteiger partial charge on any atom is 0.303 e. The first-order chi connectivity index (χ1) is 9.15. The molecule has 6 heteroatoms. The van der Waals surface area contributed by atoms with Crippen LogP contribution in [0.15, 0.2) is 35.7 Å². The van der Waals surface area contributed by atoms with Crippen LogP contribution < -0.4 is 5.32 Å². The third-order valence-corrected chi connectivity index (χ3v) is 3.21. The highest BCUT2D eigenvalue weighted by atomic mass is 32.1. The number of anilines is 1. The van der Waals surface area contributed by atoms with Crippen LogP contribution in [0.1, 0.15) is 22.5 Å². The molecule has 2 aromatic rings. The van der Waals surface area contributed by atoms with E-state index in [0.29, 0.717) is 22.8 Å². The summed E-state index contributed by atoms with van der Waals surface area (Å²) in [5, 5.41) is 13.5. The van der Waals surface area contributed by atoms with E-state index in [2.05, 4.69) is 10.3 Å². The summed E-state index contributed by atoms with van der Waals surface area (Å²) in [5.74, 6) is -1.08. The fraction of sp³-hybridized carbons (Fsp3) is 0.154. The highest BCUT2D eigenvalue weighted by Gasteiger charge is 2.09. The van der Waals surface area contributed by atoms with Gasteiger partial charge in [0.15, 0.2) is 5.13 Å². The van der Waals surface area contributed by atoms with Crippen molar-refractivity contribution in [1.29, 1.82) is 0 Å². The van der Waals surface area contributed by atoms with Gasteiger partial charge >= 0.3 is 5.97 Å². The maximum absolute atomic E-state index is 11.9. The molecule has 0 aliphatic carbocycles. The second kappa shape index (κ2) is 6.10. The van der Waals surface area contributed by atoms with E-state index in [1.165, 1.54) is 11.3 Å². The molecule has 2 rings (SSSR count). The molecule has 0 aliphatic heterocycles. The van der Waals surface area contributed by atoms with Crippen LogP contribution in [0.3, 0.4) is 0 Å². The Morgan fingerprint density at radius 2 is 2.00 bits per heavy atom. The summed E-state index contributed by atoms with van der Waals surface area (Å²) in [6.45, 7) is 0. The molecule has 5 nitrogen and oxygen atoms in total. The topological polar surface area (TPSA) is 79.3 Å². The van der Waals surface area contributed by atoms with E-state index in [1.807, 2.05) is 6.07 Å². The van der Waals surface area contributed by atoms with Gasteiger partial charge in [0.05, 0.1) is 12.1 Å². The predicted octanol–water partition coefficient (Wildman–Crippen LogP) is 2.41. The van der Waals surface area contributed by atoms with Gasteiger partial charge in [0.2, 0.25) is 0 Å². The summed E-state index contributed by atoms with van der Waals surface area (Å²) in [6, 6.07) is 8.84. The standard InChI is InChI=1S/C13H12N2O3S/c16-11(17)7-6-10-8-19-13(14-10)15-12(18)9-4-2-1-3-5-9/h1-5,8H,6-7H2,(H,16,17)(H,14,15,18).